The topological polar surface area (TPSA) is 93.2 Å². The van der Waals surface area contributed by atoms with Crippen LogP contribution in [0.2, 0.25) is 5.02 Å². The van der Waals surface area contributed by atoms with Crippen LogP contribution in [0.3, 0.4) is 0 Å². The number of nitrogens with zero attached hydrogens (tertiary/aromatic N) is 2. The normalized spacial score (nSPS) is 10.4. The van der Waals surface area contributed by atoms with E-state index in [1.165, 1.54) is 11.3 Å². The summed E-state index contributed by atoms with van der Waals surface area (Å²) in [4.78, 5) is 25.1. The molecule has 1 aromatic heterocycles. The molecule has 2 amide bonds. The minimum atomic E-state index is -0.356. The molecule has 0 saturated carbocycles. The highest BCUT2D eigenvalue weighted by atomic mass is 35.5. The van der Waals surface area contributed by atoms with Gasteiger partial charge in [-0.05, 0) is 66.7 Å². The van der Waals surface area contributed by atoms with Crippen LogP contribution in [0.4, 0.5) is 10.8 Å². The summed E-state index contributed by atoms with van der Waals surface area (Å²) in [5.74, 6) is 0.0901. The van der Waals surface area contributed by atoms with E-state index in [0.717, 1.165) is 11.3 Å². The van der Waals surface area contributed by atoms with Crippen molar-refractivity contribution >= 4 is 45.6 Å². The molecule has 0 radical (unpaired) electrons. The lowest BCUT2D eigenvalue weighted by Crippen LogP contribution is -2.14. The molecule has 3 aromatic carbocycles. The Labute approximate surface area is 193 Å². The molecule has 0 aliphatic rings. The number of nitrogens with one attached hydrogen (secondary N) is 2. The van der Waals surface area contributed by atoms with Gasteiger partial charge in [-0.2, -0.15) is 0 Å². The summed E-state index contributed by atoms with van der Waals surface area (Å²) in [7, 11) is 1.60. The lowest BCUT2D eigenvalue weighted by atomic mass is 10.1. The van der Waals surface area contributed by atoms with Gasteiger partial charge in [-0.3, -0.25) is 14.9 Å². The van der Waals surface area contributed by atoms with Gasteiger partial charge in [0.2, 0.25) is 5.13 Å². The number of amides is 2. The molecule has 0 atom stereocenters. The Hall–Kier alpha value is -3.75. The Balaban J connectivity index is 1.43. The van der Waals surface area contributed by atoms with Gasteiger partial charge in [0, 0.05) is 27.4 Å². The summed E-state index contributed by atoms with van der Waals surface area (Å²) in [6, 6.07) is 20.6. The van der Waals surface area contributed by atoms with Gasteiger partial charge in [-0.25, -0.2) is 0 Å². The van der Waals surface area contributed by atoms with E-state index < -0.39 is 0 Å². The second kappa shape index (κ2) is 9.59. The first-order chi connectivity index (χ1) is 15.5. The highest BCUT2D eigenvalue weighted by Gasteiger charge is 2.13. The second-order valence-corrected chi connectivity index (χ2v) is 8.05. The van der Waals surface area contributed by atoms with E-state index >= 15 is 0 Å². The third-order valence-corrected chi connectivity index (χ3v) is 5.61. The van der Waals surface area contributed by atoms with Crippen molar-refractivity contribution in [2.75, 3.05) is 17.7 Å². The molecule has 0 spiro atoms. The fraction of sp³-hybridized carbons (Fsp3) is 0.0435. The predicted molar refractivity (Wildman–Crippen MR) is 126 cm³/mol. The van der Waals surface area contributed by atoms with Gasteiger partial charge in [-0.15, -0.1) is 10.2 Å². The molecule has 4 rings (SSSR count). The zero-order chi connectivity index (χ0) is 22.5. The maximum absolute atomic E-state index is 12.7. The third-order valence-electron chi connectivity index (χ3n) is 4.47. The molecule has 1 heterocycles. The van der Waals surface area contributed by atoms with Gasteiger partial charge in [0.15, 0.2) is 0 Å². The van der Waals surface area contributed by atoms with Gasteiger partial charge in [-0.1, -0.05) is 29.0 Å². The van der Waals surface area contributed by atoms with Crippen molar-refractivity contribution in [2.45, 2.75) is 0 Å². The van der Waals surface area contributed by atoms with Crippen LogP contribution < -0.4 is 15.4 Å². The zero-order valence-electron chi connectivity index (χ0n) is 16.8. The number of hydrogen-bond acceptors (Lipinski definition) is 6. The maximum Gasteiger partial charge on any atom is 0.257 e. The number of carbonyl (C=O) groups excluding carboxylic acids is 2. The number of anilines is 2. The van der Waals surface area contributed by atoms with Crippen LogP contribution >= 0.6 is 22.9 Å². The summed E-state index contributed by atoms with van der Waals surface area (Å²) in [5.41, 5.74) is 2.20. The van der Waals surface area contributed by atoms with Crippen LogP contribution in [0.5, 0.6) is 5.75 Å². The number of halogens is 1. The first-order valence-corrected chi connectivity index (χ1v) is 10.7. The predicted octanol–water partition coefficient (Wildman–Crippen LogP) is 5.37. The van der Waals surface area contributed by atoms with Crippen LogP contribution in [0.25, 0.3) is 10.6 Å². The molecule has 0 aliphatic carbocycles. The van der Waals surface area contributed by atoms with Crippen LogP contribution in [0.15, 0.2) is 72.8 Å². The first-order valence-electron chi connectivity index (χ1n) is 9.48. The Morgan fingerprint density at radius 2 is 1.59 bits per heavy atom. The molecule has 0 aliphatic heterocycles. The smallest absolute Gasteiger partial charge is 0.257 e. The summed E-state index contributed by atoms with van der Waals surface area (Å²) in [6.07, 6.45) is 0. The molecule has 0 unspecified atom stereocenters. The van der Waals surface area contributed by atoms with Crippen molar-refractivity contribution in [2.24, 2.45) is 0 Å². The van der Waals surface area contributed by atoms with Gasteiger partial charge >= 0.3 is 0 Å². The lowest BCUT2D eigenvalue weighted by molar-refractivity contribution is 0.101. The fourth-order valence-corrected chi connectivity index (χ4v) is 3.71. The van der Waals surface area contributed by atoms with E-state index in [0.29, 0.717) is 32.0 Å². The number of ether oxygens (including phenoxy) is 1. The molecular formula is C23H17ClN4O3S. The number of hydrogen-bond donors (Lipinski definition) is 2. The van der Waals surface area contributed by atoms with Crippen molar-refractivity contribution in [3.8, 4) is 16.3 Å². The van der Waals surface area contributed by atoms with E-state index in [1.807, 2.05) is 24.3 Å². The number of rotatable bonds is 6. The molecule has 160 valence electrons. The van der Waals surface area contributed by atoms with Gasteiger partial charge in [0.05, 0.1) is 7.11 Å². The molecule has 32 heavy (non-hydrogen) atoms. The molecule has 2 N–H and O–H groups in total. The fourth-order valence-electron chi connectivity index (χ4n) is 2.84. The van der Waals surface area contributed by atoms with E-state index in [4.69, 9.17) is 16.3 Å². The summed E-state index contributed by atoms with van der Waals surface area (Å²) >= 11 is 7.12. The number of carbonyl (C=O) groups is 2. The molecule has 0 bridgehead atoms. The summed E-state index contributed by atoms with van der Waals surface area (Å²) in [5, 5.41) is 15.3. The van der Waals surface area contributed by atoms with Crippen molar-refractivity contribution in [3.63, 3.8) is 0 Å². The van der Waals surface area contributed by atoms with Crippen molar-refractivity contribution in [1.82, 2.24) is 10.2 Å². The molecule has 4 aromatic rings. The minimum Gasteiger partial charge on any atom is -0.497 e. The molecule has 0 saturated heterocycles. The Morgan fingerprint density at radius 3 is 2.31 bits per heavy atom. The Kier molecular flexibility index (Phi) is 6.44. The second-order valence-electron chi connectivity index (χ2n) is 6.64. The van der Waals surface area contributed by atoms with Crippen LogP contribution in [-0.2, 0) is 0 Å². The number of aromatic nitrogens is 2. The van der Waals surface area contributed by atoms with Gasteiger partial charge in [0.1, 0.15) is 10.8 Å². The lowest BCUT2D eigenvalue weighted by Gasteiger charge is -2.07. The van der Waals surface area contributed by atoms with E-state index in [9.17, 15) is 9.59 Å². The van der Waals surface area contributed by atoms with Crippen LogP contribution in [-0.4, -0.2) is 29.1 Å². The van der Waals surface area contributed by atoms with E-state index in [-0.39, 0.29) is 11.8 Å². The average molecular weight is 465 g/mol. The zero-order valence-corrected chi connectivity index (χ0v) is 18.4. The summed E-state index contributed by atoms with van der Waals surface area (Å²) < 4.78 is 5.15. The molecule has 9 heteroatoms. The summed E-state index contributed by atoms with van der Waals surface area (Å²) in [6.45, 7) is 0. The highest BCUT2D eigenvalue weighted by Crippen LogP contribution is 2.28. The Bertz CT molecular complexity index is 1260. The molecule has 0 fully saturated rings. The van der Waals surface area contributed by atoms with E-state index in [1.54, 1.807) is 55.6 Å². The highest BCUT2D eigenvalue weighted by molar-refractivity contribution is 7.18. The van der Waals surface area contributed by atoms with Crippen LogP contribution in [0, 0.1) is 0 Å². The third kappa shape index (κ3) is 5.11. The Morgan fingerprint density at radius 1 is 0.875 bits per heavy atom. The number of benzene rings is 3. The first kappa shape index (κ1) is 21.5. The van der Waals surface area contributed by atoms with E-state index in [2.05, 4.69) is 20.8 Å². The largest absolute Gasteiger partial charge is 0.497 e. The van der Waals surface area contributed by atoms with Crippen molar-refractivity contribution < 1.29 is 14.3 Å². The standard InChI is InChI=1S/C23H17ClN4O3S/c1-31-19-11-7-15(8-12-19)22-27-28-23(32-22)26-21(30)16-3-2-4-18(13-16)25-20(29)14-5-9-17(24)10-6-14/h2-13H,1H3,(H,25,29)(H,26,28,30). The quantitative estimate of drug-likeness (QED) is 0.400. The van der Waals surface area contributed by atoms with Crippen molar-refractivity contribution in [1.29, 1.82) is 0 Å². The minimum absolute atomic E-state index is 0.299. The van der Waals surface area contributed by atoms with Gasteiger partial charge in [0.25, 0.3) is 11.8 Å². The number of methoxy groups -OCH3 is 1. The SMILES string of the molecule is COc1ccc(-c2nnc(NC(=O)c3cccc(NC(=O)c4ccc(Cl)cc4)c3)s2)cc1. The maximum atomic E-state index is 12.7. The van der Waals surface area contributed by atoms with Crippen molar-refractivity contribution in [3.05, 3.63) is 88.9 Å². The van der Waals surface area contributed by atoms with Crippen LogP contribution in [0.1, 0.15) is 20.7 Å². The molecular weight excluding hydrogens is 448 g/mol. The monoisotopic (exact) mass is 464 g/mol. The average Bonchev–Trinajstić information content (AvgIpc) is 3.28. The molecule has 7 nitrogen and oxygen atoms in total. The van der Waals surface area contributed by atoms with Gasteiger partial charge < -0.3 is 10.1 Å².